The minimum atomic E-state index is -3.28. The molecular weight excluding hydrogens is 240 g/mol. The summed E-state index contributed by atoms with van der Waals surface area (Å²) in [5, 5.41) is 0. The van der Waals surface area contributed by atoms with Gasteiger partial charge < -0.3 is 4.74 Å². The smallest absolute Gasteiger partial charge is 0.282 e. The molecule has 0 aromatic carbocycles. The van der Waals surface area contributed by atoms with Crippen molar-refractivity contribution < 1.29 is 13.2 Å². The molecule has 0 atom stereocenters. The normalized spacial score (nSPS) is 25.3. The molecule has 17 heavy (non-hydrogen) atoms. The van der Waals surface area contributed by atoms with Crippen LogP contribution in [0.5, 0.6) is 0 Å². The van der Waals surface area contributed by atoms with Crippen molar-refractivity contribution in [3.05, 3.63) is 0 Å². The number of ether oxygens (including phenoxy) is 1. The van der Waals surface area contributed by atoms with Gasteiger partial charge in [0.15, 0.2) is 0 Å². The van der Waals surface area contributed by atoms with Crippen molar-refractivity contribution in [2.24, 2.45) is 0 Å². The lowest BCUT2D eigenvalue weighted by molar-refractivity contribution is 0.0694. The van der Waals surface area contributed by atoms with E-state index < -0.39 is 10.2 Å². The number of hydrogen-bond acceptors (Lipinski definition) is 3. The fourth-order valence-electron chi connectivity index (χ4n) is 2.59. The SMILES string of the molecule is CN(C1CCCCC1)S(=O)(=O)N1CCOCC1. The molecule has 0 radical (unpaired) electrons. The standard InChI is InChI=1S/C11H22N2O3S/c1-12(11-5-3-2-4-6-11)17(14,15)13-7-9-16-10-8-13/h11H,2-10H2,1H3. The summed E-state index contributed by atoms with van der Waals surface area (Å²) >= 11 is 0. The van der Waals surface area contributed by atoms with Crippen molar-refractivity contribution in [2.75, 3.05) is 33.4 Å². The average Bonchev–Trinajstić information content (AvgIpc) is 2.40. The van der Waals surface area contributed by atoms with Gasteiger partial charge in [-0.1, -0.05) is 19.3 Å². The summed E-state index contributed by atoms with van der Waals surface area (Å²) in [6.45, 7) is 1.99. The van der Waals surface area contributed by atoms with Crippen LogP contribution in [0.1, 0.15) is 32.1 Å². The summed E-state index contributed by atoms with van der Waals surface area (Å²) < 4.78 is 33.1. The Hall–Kier alpha value is -0.170. The first-order valence-electron chi connectivity index (χ1n) is 6.43. The Labute approximate surface area is 104 Å². The molecule has 1 aliphatic heterocycles. The van der Waals surface area contributed by atoms with Crippen LogP contribution in [0.4, 0.5) is 0 Å². The van der Waals surface area contributed by atoms with Crippen LogP contribution in [0.3, 0.4) is 0 Å². The van der Waals surface area contributed by atoms with Crippen LogP contribution in [-0.2, 0) is 14.9 Å². The third-order valence-electron chi connectivity index (χ3n) is 3.75. The Morgan fingerprint density at radius 1 is 1.12 bits per heavy atom. The fourth-order valence-corrected chi connectivity index (χ4v) is 4.15. The second-order valence-corrected chi connectivity index (χ2v) is 6.82. The van der Waals surface area contributed by atoms with Gasteiger partial charge in [-0.2, -0.15) is 17.0 Å². The van der Waals surface area contributed by atoms with Gasteiger partial charge in [-0.05, 0) is 12.8 Å². The Bertz CT molecular complexity index is 333. The molecule has 6 heteroatoms. The van der Waals surface area contributed by atoms with E-state index in [1.807, 2.05) is 0 Å². The molecule has 1 heterocycles. The van der Waals surface area contributed by atoms with E-state index >= 15 is 0 Å². The van der Waals surface area contributed by atoms with Crippen LogP contribution in [0.25, 0.3) is 0 Å². The maximum Gasteiger partial charge on any atom is 0.282 e. The van der Waals surface area contributed by atoms with Gasteiger partial charge in [0, 0.05) is 26.2 Å². The maximum absolute atomic E-state index is 12.4. The van der Waals surface area contributed by atoms with Crippen molar-refractivity contribution in [3.8, 4) is 0 Å². The van der Waals surface area contributed by atoms with Gasteiger partial charge in [-0.3, -0.25) is 0 Å². The quantitative estimate of drug-likeness (QED) is 0.757. The van der Waals surface area contributed by atoms with Gasteiger partial charge in [0.1, 0.15) is 0 Å². The molecule has 1 aliphatic carbocycles. The first-order chi connectivity index (χ1) is 8.12. The zero-order valence-corrected chi connectivity index (χ0v) is 11.3. The Morgan fingerprint density at radius 3 is 2.29 bits per heavy atom. The fraction of sp³-hybridized carbons (Fsp3) is 1.00. The molecule has 2 rings (SSSR count). The van der Waals surface area contributed by atoms with Crippen LogP contribution in [-0.4, -0.2) is 56.4 Å². The molecule has 100 valence electrons. The number of hydrogen-bond donors (Lipinski definition) is 0. The molecular formula is C11H22N2O3S. The first-order valence-corrected chi connectivity index (χ1v) is 7.83. The molecule has 0 amide bonds. The van der Waals surface area contributed by atoms with Gasteiger partial charge in [0.2, 0.25) is 0 Å². The monoisotopic (exact) mass is 262 g/mol. The van der Waals surface area contributed by atoms with E-state index in [-0.39, 0.29) is 6.04 Å². The summed E-state index contributed by atoms with van der Waals surface area (Å²) in [4.78, 5) is 0. The summed E-state index contributed by atoms with van der Waals surface area (Å²) in [6, 6.07) is 0.191. The lowest BCUT2D eigenvalue weighted by Gasteiger charge is -2.35. The molecule has 5 nitrogen and oxygen atoms in total. The maximum atomic E-state index is 12.4. The van der Waals surface area contributed by atoms with Gasteiger partial charge in [0.05, 0.1) is 13.2 Å². The van der Waals surface area contributed by atoms with Gasteiger partial charge in [-0.15, -0.1) is 0 Å². The van der Waals surface area contributed by atoms with E-state index in [0.717, 1.165) is 25.7 Å². The summed E-state index contributed by atoms with van der Waals surface area (Å²) in [6.07, 6.45) is 5.53. The number of nitrogens with zero attached hydrogens (tertiary/aromatic N) is 2. The molecule has 0 aromatic rings. The summed E-state index contributed by atoms with van der Waals surface area (Å²) in [5.74, 6) is 0. The Morgan fingerprint density at radius 2 is 1.71 bits per heavy atom. The topological polar surface area (TPSA) is 49.9 Å². The van der Waals surface area contributed by atoms with Crippen LogP contribution in [0, 0.1) is 0 Å². The number of morpholine rings is 1. The van der Waals surface area contributed by atoms with Gasteiger partial charge in [-0.25, -0.2) is 0 Å². The van der Waals surface area contributed by atoms with E-state index in [0.29, 0.717) is 26.3 Å². The highest BCUT2D eigenvalue weighted by molar-refractivity contribution is 7.86. The van der Waals surface area contributed by atoms with E-state index in [9.17, 15) is 8.42 Å². The number of rotatable bonds is 3. The summed E-state index contributed by atoms with van der Waals surface area (Å²) in [5.41, 5.74) is 0. The van der Waals surface area contributed by atoms with Crippen molar-refractivity contribution in [2.45, 2.75) is 38.1 Å². The zero-order valence-electron chi connectivity index (χ0n) is 10.5. The molecule has 0 aromatic heterocycles. The van der Waals surface area contributed by atoms with Crippen LogP contribution >= 0.6 is 0 Å². The predicted molar refractivity (Wildman–Crippen MR) is 65.9 cm³/mol. The first kappa shape index (κ1) is 13.3. The highest BCUT2D eigenvalue weighted by Crippen LogP contribution is 2.24. The molecule has 2 fully saturated rings. The molecule has 0 bridgehead atoms. The largest absolute Gasteiger partial charge is 0.379 e. The lowest BCUT2D eigenvalue weighted by atomic mass is 9.96. The van der Waals surface area contributed by atoms with Crippen molar-refractivity contribution in [3.63, 3.8) is 0 Å². The minimum Gasteiger partial charge on any atom is -0.379 e. The van der Waals surface area contributed by atoms with Gasteiger partial charge >= 0.3 is 0 Å². The highest BCUT2D eigenvalue weighted by atomic mass is 32.2. The minimum absolute atomic E-state index is 0.191. The Kier molecular flexibility index (Phi) is 4.41. The predicted octanol–water partition coefficient (Wildman–Crippen LogP) is 0.828. The second kappa shape index (κ2) is 5.65. The van der Waals surface area contributed by atoms with Crippen molar-refractivity contribution in [1.82, 2.24) is 8.61 Å². The molecule has 0 spiro atoms. The van der Waals surface area contributed by atoms with E-state index in [4.69, 9.17) is 4.74 Å². The molecule has 1 saturated heterocycles. The van der Waals surface area contributed by atoms with Crippen LogP contribution < -0.4 is 0 Å². The highest BCUT2D eigenvalue weighted by Gasteiger charge is 2.33. The van der Waals surface area contributed by atoms with Crippen LogP contribution in [0.2, 0.25) is 0 Å². The average molecular weight is 262 g/mol. The van der Waals surface area contributed by atoms with E-state index in [2.05, 4.69) is 0 Å². The van der Waals surface area contributed by atoms with Crippen molar-refractivity contribution in [1.29, 1.82) is 0 Å². The van der Waals surface area contributed by atoms with Gasteiger partial charge in [0.25, 0.3) is 10.2 Å². The lowest BCUT2D eigenvalue weighted by Crippen LogP contribution is -2.50. The second-order valence-electron chi connectivity index (χ2n) is 4.83. The third kappa shape index (κ3) is 2.99. The van der Waals surface area contributed by atoms with Crippen molar-refractivity contribution >= 4 is 10.2 Å². The zero-order chi connectivity index (χ0) is 12.3. The molecule has 2 aliphatic rings. The van der Waals surface area contributed by atoms with E-state index in [1.54, 1.807) is 15.7 Å². The summed E-state index contributed by atoms with van der Waals surface area (Å²) in [7, 11) is -1.55. The molecule has 0 N–H and O–H groups in total. The Balaban J connectivity index is 2.02. The van der Waals surface area contributed by atoms with Crippen LogP contribution in [0.15, 0.2) is 0 Å². The molecule has 0 unspecified atom stereocenters. The molecule has 1 saturated carbocycles. The third-order valence-corrected chi connectivity index (χ3v) is 5.79. The van der Waals surface area contributed by atoms with E-state index in [1.165, 1.54) is 6.42 Å².